The molecule has 30 heavy (non-hydrogen) atoms. The fourth-order valence-electron chi connectivity index (χ4n) is 3.53. The Morgan fingerprint density at radius 1 is 1.23 bits per heavy atom. The molecule has 0 aliphatic heterocycles. The number of aromatic nitrogens is 2. The van der Waals surface area contributed by atoms with Gasteiger partial charge in [-0.2, -0.15) is 18.3 Å². The molecule has 2 aromatic rings. The van der Waals surface area contributed by atoms with Crippen LogP contribution in [0.15, 0.2) is 30.3 Å². The van der Waals surface area contributed by atoms with Gasteiger partial charge in [-0.05, 0) is 51.7 Å². The molecule has 6 nitrogen and oxygen atoms in total. The van der Waals surface area contributed by atoms with Crippen LogP contribution >= 0.6 is 0 Å². The first-order chi connectivity index (χ1) is 14.1. The van der Waals surface area contributed by atoms with Gasteiger partial charge in [-0.3, -0.25) is 4.79 Å². The van der Waals surface area contributed by atoms with Crippen LogP contribution < -0.4 is 0 Å². The third-order valence-electron chi connectivity index (χ3n) is 5.29. The van der Waals surface area contributed by atoms with Crippen LogP contribution in [0.1, 0.15) is 41.5 Å². The fourth-order valence-corrected chi connectivity index (χ4v) is 3.53. The topological polar surface area (TPSA) is 64.4 Å². The van der Waals surface area contributed by atoms with Crippen LogP contribution in [-0.2, 0) is 9.53 Å². The first-order valence-electron chi connectivity index (χ1n) is 9.73. The molecule has 1 aliphatic rings. The van der Waals surface area contributed by atoms with Gasteiger partial charge >= 0.3 is 12.1 Å². The molecule has 1 aromatic heterocycles. The molecule has 0 spiro atoms. The van der Waals surface area contributed by atoms with Crippen LogP contribution in [0.5, 0.6) is 0 Å². The van der Waals surface area contributed by atoms with Crippen LogP contribution in [-0.4, -0.2) is 51.9 Å². The first-order valence-corrected chi connectivity index (χ1v) is 9.73. The summed E-state index contributed by atoms with van der Waals surface area (Å²) in [5.41, 5.74) is 1.88. The summed E-state index contributed by atoms with van der Waals surface area (Å²) >= 11 is 0. The van der Waals surface area contributed by atoms with E-state index in [9.17, 15) is 22.8 Å². The van der Waals surface area contributed by atoms with Gasteiger partial charge < -0.3 is 9.64 Å². The molecule has 1 aliphatic carbocycles. The molecule has 162 valence electrons. The lowest BCUT2D eigenvalue weighted by molar-refractivity contribution is -0.167. The number of ether oxygens (including phenoxy) is 1. The number of hydrogen-bond donors (Lipinski definition) is 0. The Labute approximate surface area is 172 Å². The van der Waals surface area contributed by atoms with Crippen molar-refractivity contribution in [1.29, 1.82) is 0 Å². The number of hydrogen-bond acceptors (Lipinski definition) is 4. The highest BCUT2D eigenvalue weighted by atomic mass is 19.4. The van der Waals surface area contributed by atoms with Gasteiger partial charge in [-0.1, -0.05) is 18.2 Å². The van der Waals surface area contributed by atoms with E-state index in [-0.39, 0.29) is 11.5 Å². The van der Waals surface area contributed by atoms with Crippen molar-refractivity contribution in [1.82, 2.24) is 14.7 Å². The van der Waals surface area contributed by atoms with Gasteiger partial charge in [0.05, 0.1) is 17.1 Å². The molecule has 9 heteroatoms. The molecule has 1 aromatic carbocycles. The minimum atomic E-state index is -4.52. The Balaban J connectivity index is 1.71. The summed E-state index contributed by atoms with van der Waals surface area (Å²) in [6.45, 7) is 2.82. The third-order valence-corrected chi connectivity index (χ3v) is 5.29. The summed E-state index contributed by atoms with van der Waals surface area (Å²) in [6, 6.07) is 8.61. The van der Waals surface area contributed by atoms with Gasteiger partial charge in [0.15, 0.2) is 6.61 Å². The van der Waals surface area contributed by atoms with E-state index in [0.29, 0.717) is 11.4 Å². The highest BCUT2D eigenvalue weighted by molar-refractivity contribution is 5.93. The lowest BCUT2D eigenvalue weighted by Crippen LogP contribution is -2.47. The molecular formula is C21H24F3N3O3. The number of halogens is 3. The quantitative estimate of drug-likeness (QED) is 0.635. The highest BCUT2D eigenvalue weighted by Crippen LogP contribution is 2.36. The molecular weight excluding hydrogens is 399 g/mol. The monoisotopic (exact) mass is 423 g/mol. The Kier molecular flexibility index (Phi) is 6.19. The van der Waals surface area contributed by atoms with Crippen LogP contribution in [0, 0.1) is 19.8 Å². The van der Waals surface area contributed by atoms with Gasteiger partial charge in [0.1, 0.15) is 12.1 Å². The van der Waals surface area contributed by atoms with Gasteiger partial charge in [-0.25, -0.2) is 9.48 Å². The second-order valence-electron chi connectivity index (χ2n) is 7.58. The van der Waals surface area contributed by atoms with Gasteiger partial charge in [-0.15, -0.1) is 0 Å². The predicted molar refractivity (Wildman–Crippen MR) is 103 cm³/mol. The summed E-state index contributed by atoms with van der Waals surface area (Å²) in [6.07, 6.45) is -2.94. The van der Waals surface area contributed by atoms with Crippen molar-refractivity contribution < 1.29 is 27.5 Å². The number of alkyl halides is 3. The van der Waals surface area contributed by atoms with E-state index in [1.54, 1.807) is 25.5 Å². The zero-order chi connectivity index (χ0) is 22.1. The molecule has 0 bridgehead atoms. The molecule has 1 saturated carbocycles. The van der Waals surface area contributed by atoms with Crippen LogP contribution in [0.4, 0.5) is 13.2 Å². The van der Waals surface area contributed by atoms with E-state index < -0.39 is 37.2 Å². The van der Waals surface area contributed by atoms with Gasteiger partial charge in [0.25, 0.3) is 5.91 Å². The second-order valence-corrected chi connectivity index (χ2v) is 7.58. The molecule has 1 fully saturated rings. The highest BCUT2D eigenvalue weighted by Gasteiger charge is 2.40. The van der Waals surface area contributed by atoms with Crippen molar-refractivity contribution in [2.24, 2.45) is 5.92 Å². The van der Waals surface area contributed by atoms with E-state index in [4.69, 9.17) is 4.74 Å². The van der Waals surface area contributed by atoms with Crippen LogP contribution in [0.2, 0.25) is 0 Å². The maximum atomic E-state index is 12.9. The SMILES string of the molecule is Cc1nn(-c2ccccc2)c(C)c1C(=O)OCC(=O)N(CC(F)(F)F)[C@@H](C)C1CC1. The molecule has 0 unspecified atom stereocenters. The van der Waals surface area contributed by atoms with E-state index in [1.807, 2.05) is 30.3 Å². The third kappa shape index (κ3) is 5.01. The van der Waals surface area contributed by atoms with Crippen LogP contribution in [0.3, 0.4) is 0 Å². The largest absolute Gasteiger partial charge is 0.452 e. The summed E-state index contributed by atoms with van der Waals surface area (Å²) in [5, 5.41) is 4.34. The summed E-state index contributed by atoms with van der Waals surface area (Å²) < 4.78 is 45.5. The molecule has 1 heterocycles. The number of carbonyl (C=O) groups is 2. The van der Waals surface area contributed by atoms with Gasteiger partial charge in [0.2, 0.25) is 0 Å². The van der Waals surface area contributed by atoms with Crippen LogP contribution in [0.25, 0.3) is 5.69 Å². The smallest absolute Gasteiger partial charge is 0.406 e. The predicted octanol–water partition coefficient (Wildman–Crippen LogP) is 3.84. The number of nitrogens with zero attached hydrogens (tertiary/aromatic N) is 3. The number of para-hydroxylation sites is 1. The zero-order valence-corrected chi connectivity index (χ0v) is 17.1. The van der Waals surface area contributed by atoms with E-state index in [0.717, 1.165) is 23.4 Å². The van der Waals surface area contributed by atoms with E-state index in [2.05, 4.69) is 5.10 Å². The summed E-state index contributed by atoms with van der Waals surface area (Å²) in [5.74, 6) is -1.59. The Morgan fingerprint density at radius 3 is 2.43 bits per heavy atom. The van der Waals surface area contributed by atoms with Crippen molar-refractivity contribution in [2.45, 2.75) is 45.8 Å². The molecule has 3 rings (SSSR count). The Morgan fingerprint density at radius 2 is 1.87 bits per heavy atom. The molecule has 0 N–H and O–H groups in total. The number of rotatable bonds is 7. The lowest BCUT2D eigenvalue weighted by Gasteiger charge is -2.30. The van der Waals surface area contributed by atoms with E-state index in [1.165, 1.54) is 0 Å². The summed E-state index contributed by atoms with van der Waals surface area (Å²) in [7, 11) is 0. The van der Waals surface area contributed by atoms with Crippen molar-refractivity contribution in [3.63, 3.8) is 0 Å². The van der Waals surface area contributed by atoms with Crippen molar-refractivity contribution in [3.05, 3.63) is 47.3 Å². The minimum absolute atomic E-state index is 0.0561. The molecule has 0 saturated heterocycles. The number of amides is 1. The molecule has 1 amide bonds. The molecule has 1 atom stereocenters. The number of esters is 1. The van der Waals surface area contributed by atoms with Crippen molar-refractivity contribution in [2.75, 3.05) is 13.2 Å². The average Bonchev–Trinajstić information content (AvgIpc) is 3.49. The number of benzene rings is 1. The normalized spacial score (nSPS) is 15.0. The van der Waals surface area contributed by atoms with Crippen molar-refractivity contribution >= 4 is 11.9 Å². The van der Waals surface area contributed by atoms with E-state index >= 15 is 0 Å². The van der Waals surface area contributed by atoms with Gasteiger partial charge in [0, 0.05) is 6.04 Å². The number of aryl methyl sites for hydroxylation is 1. The standard InChI is InChI=1S/C21H24F3N3O3/c1-13-19(15(3)27(25-13)17-7-5-4-6-8-17)20(29)30-11-18(28)26(12-21(22,23)24)14(2)16-9-10-16/h4-8,14,16H,9-12H2,1-3H3/t14-/m0/s1. The Bertz CT molecular complexity index is 921. The maximum absolute atomic E-state index is 12.9. The Hall–Kier alpha value is -2.84. The number of carbonyl (C=O) groups excluding carboxylic acids is 2. The maximum Gasteiger partial charge on any atom is 0.406 e. The molecule has 0 radical (unpaired) electrons. The minimum Gasteiger partial charge on any atom is -0.452 e. The first kappa shape index (κ1) is 21.9. The average molecular weight is 423 g/mol. The van der Waals surface area contributed by atoms with Crippen molar-refractivity contribution in [3.8, 4) is 5.69 Å². The fraction of sp³-hybridized carbons (Fsp3) is 0.476. The lowest BCUT2D eigenvalue weighted by atomic mass is 10.1. The zero-order valence-electron chi connectivity index (χ0n) is 17.1. The second kappa shape index (κ2) is 8.49. The summed E-state index contributed by atoms with van der Waals surface area (Å²) in [4.78, 5) is 25.8.